The van der Waals surface area contributed by atoms with Gasteiger partial charge in [-0.3, -0.25) is 0 Å². The summed E-state index contributed by atoms with van der Waals surface area (Å²) in [7, 11) is 1.53. The minimum atomic E-state index is -0.387. The summed E-state index contributed by atoms with van der Waals surface area (Å²) in [6.07, 6.45) is 2.41. The second kappa shape index (κ2) is 4.94. The first-order valence-electron chi connectivity index (χ1n) is 2.87. The molecule has 0 amide bonds. The lowest BCUT2D eigenvalue weighted by molar-refractivity contribution is 0.228. The summed E-state index contributed by atoms with van der Waals surface area (Å²) in [4.78, 5) is 0. The fraction of sp³-hybridized carbons (Fsp3) is 0.250. The van der Waals surface area contributed by atoms with Crippen LogP contribution in [-0.4, -0.2) is 13.7 Å². The van der Waals surface area contributed by atoms with Crippen LogP contribution < -0.4 is 0 Å². The topological polar surface area (TPSA) is 9.23 Å². The molecule has 0 spiro atoms. The molecule has 1 nitrogen and oxygen atoms in total. The molecule has 56 valence electrons. The average Bonchev–Trinajstić information content (AvgIpc) is 1.88. The predicted octanol–water partition coefficient (Wildman–Crippen LogP) is 2.23. The van der Waals surface area contributed by atoms with Gasteiger partial charge in [0.05, 0.1) is 6.61 Å². The molecule has 0 bridgehead atoms. The molecule has 0 aliphatic carbocycles. The Labute approximate surface area is 60.5 Å². The third kappa shape index (κ3) is 4.04. The van der Waals surface area contributed by atoms with E-state index in [1.54, 1.807) is 0 Å². The maximum Gasteiger partial charge on any atom is 0.122 e. The molecule has 0 saturated heterocycles. The van der Waals surface area contributed by atoms with Gasteiger partial charge in [-0.15, -0.1) is 0 Å². The highest BCUT2D eigenvalue weighted by Gasteiger charge is 1.89. The molecule has 0 aliphatic heterocycles. The van der Waals surface area contributed by atoms with Crippen LogP contribution in [0.15, 0.2) is 36.7 Å². The number of rotatable bonds is 4. The first kappa shape index (κ1) is 9.11. The smallest absolute Gasteiger partial charge is 0.122 e. The number of hydrogen-bond donors (Lipinski definition) is 0. The van der Waals surface area contributed by atoms with E-state index in [1.807, 2.05) is 0 Å². The van der Waals surface area contributed by atoms with Crippen molar-refractivity contribution in [1.82, 2.24) is 0 Å². The quantitative estimate of drug-likeness (QED) is 0.547. The Kier molecular flexibility index (Phi) is 4.50. The van der Waals surface area contributed by atoms with Crippen molar-refractivity contribution >= 4 is 0 Å². The van der Waals surface area contributed by atoms with Crippen LogP contribution in [0, 0.1) is 0 Å². The minimum absolute atomic E-state index is 0.348. The Hall–Kier alpha value is -0.890. The van der Waals surface area contributed by atoms with Crippen LogP contribution in [0.4, 0.5) is 4.39 Å². The van der Waals surface area contributed by atoms with E-state index in [2.05, 4.69) is 13.2 Å². The molecule has 10 heavy (non-hydrogen) atoms. The van der Waals surface area contributed by atoms with Gasteiger partial charge in [0, 0.05) is 7.11 Å². The van der Waals surface area contributed by atoms with Crippen LogP contribution in [0.2, 0.25) is 0 Å². The molecule has 0 atom stereocenters. The third-order valence-corrected chi connectivity index (χ3v) is 0.867. The highest BCUT2D eigenvalue weighted by Crippen LogP contribution is 2.02. The lowest BCUT2D eigenvalue weighted by Gasteiger charge is -1.95. The van der Waals surface area contributed by atoms with E-state index < -0.39 is 0 Å². The Morgan fingerprint density at radius 3 is 2.70 bits per heavy atom. The van der Waals surface area contributed by atoms with E-state index in [1.165, 1.54) is 13.2 Å². The van der Waals surface area contributed by atoms with E-state index in [4.69, 9.17) is 4.74 Å². The van der Waals surface area contributed by atoms with Crippen molar-refractivity contribution in [3.63, 3.8) is 0 Å². The van der Waals surface area contributed by atoms with Crippen molar-refractivity contribution in [3.8, 4) is 0 Å². The first-order chi connectivity index (χ1) is 4.70. The van der Waals surface area contributed by atoms with Crippen LogP contribution in [0.1, 0.15) is 0 Å². The van der Waals surface area contributed by atoms with E-state index in [9.17, 15) is 4.39 Å². The number of methoxy groups -OCH3 is 1. The van der Waals surface area contributed by atoms with Crippen LogP contribution >= 0.6 is 0 Å². The molecule has 0 heterocycles. The van der Waals surface area contributed by atoms with Gasteiger partial charge in [-0.2, -0.15) is 0 Å². The summed E-state index contributed by atoms with van der Waals surface area (Å²) in [5.41, 5.74) is 0.597. The molecule has 0 aromatic rings. The maximum absolute atomic E-state index is 12.3. The molecule has 2 heteroatoms. The van der Waals surface area contributed by atoms with Crippen LogP contribution in [0.5, 0.6) is 0 Å². The van der Waals surface area contributed by atoms with Gasteiger partial charge in [0.15, 0.2) is 0 Å². The highest BCUT2D eigenvalue weighted by atomic mass is 19.1. The van der Waals surface area contributed by atoms with Gasteiger partial charge in [0.1, 0.15) is 5.83 Å². The molecule has 0 rings (SSSR count). The van der Waals surface area contributed by atoms with Crippen molar-refractivity contribution in [2.45, 2.75) is 0 Å². The summed E-state index contributed by atoms with van der Waals surface area (Å²) in [6, 6.07) is 0. The third-order valence-electron chi connectivity index (χ3n) is 0.867. The second-order valence-corrected chi connectivity index (χ2v) is 1.82. The average molecular weight is 142 g/mol. The van der Waals surface area contributed by atoms with Crippen LogP contribution in [0.3, 0.4) is 0 Å². The van der Waals surface area contributed by atoms with E-state index in [0.29, 0.717) is 12.2 Å². The lowest BCUT2D eigenvalue weighted by atomic mass is 10.3. The summed E-state index contributed by atoms with van der Waals surface area (Å²) in [6.45, 7) is 7.14. The van der Waals surface area contributed by atoms with Gasteiger partial charge < -0.3 is 4.74 Å². The number of halogens is 1. The Bertz CT molecular complexity index is 159. The predicted molar refractivity (Wildman–Crippen MR) is 40.4 cm³/mol. The monoisotopic (exact) mass is 142 g/mol. The van der Waals surface area contributed by atoms with Crippen LogP contribution in [0.25, 0.3) is 0 Å². The SMILES string of the molecule is C=C/C(F)=C\C(=C)COC. The summed E-state index contributed by atoms with van der Waals surface area (Å²) < 4.78 is 17.0. The fourth-order valence-electron chi connectivity index (χ4n) is 0.481. The number of ether oxygens (including phenoxy) is 1. The number of hydrogen-bond acceptors (Lipinski definition) is 1. The number of allylic oxidation sites excluding steroid dienone is 2. The molecule has 0 aromatic carbocycles. The Morgan fingerprint density at radius 2 is 2.30 bits per heavy atom. The van der Waals surface area contributed by atoms with Crippen molar-refractivity contribution in [2.75, 3.05) is 13.7 Å². The molecular formula is C8H11FO. The zero-order valence-electron chi connectivity index (χ0n) is 6.06. The van der Waals surface area contributed by atoms with Gasteiger partial charge in [0.25, 0.3) is 0 Å². The maximum atomic E-state index is 12.3. The highest BCUT2D eigenvalue weighted by molar-refractivity contribution is 5.22. The van der Waals surface area contributed by atoms with E-state index in [0.717, 1.165) is 6.08 Å². The van der Waals surface area contributed by atoms with Crippen LogP contribution in [-0.2, 0) is 4.74 Å². The van der Waals surface area contributed by atoms with E-state index in [-0.39, 0.29) is 5.83 Å². The van der Waals surface area contributed by atoms with Crippen molar-refractivity contribution in [1.29, 1.82) is 0 Å². The lowest BCUT2D eigenvalue weighted by Crippen LogP contribution is -1.88. The zero-order valence-corrected chi connectivity index (χ0v) is 6.06. The summed E-state index contributed by atoms with van der Waals surface area (Å²) in [5, 5.41) is 0. The zero-order chi connectivity index (χ0) is 7.98. The molecule has 0 fully saturated rings. The van der Waals surface area contributed by atoms with E-state index >= 15 is 0 Å². The van der Waals surface area contributed by atoms with Gasteiger partial charge >= 0.3 is 0 Å². The van der Waals surface area contributed by atoms with Crippen molar-refractivity contribution in [2.24, 2.45) is 0 Å². The van der Waals surface area contributed by atoms with Crippen molar-refractivity contribution < 1.29 is 9.13 Å². The summed E-state index contributed by atoms with van der Waals surface area (Å²) in [5.74, 6) is -0.387. The Balaban J connectivity index is 3.86. The summed E-state index contributed by atoms with van der Waals surface area (Å²) >= 11 is 0. The molecule has 0 aromatic heterocycles. The largest absolute Gasteiger partial charge is 0.380 e. The molecule has 0 aliphatic rings. The molecule has 0 saturated carbocycles. The standard InChI is InChI=1S/C8H11FO/c1-4-8(9)5-7(2)6-10-3/h4-5H,1-2,6H2,3H3/b8-5+. The molecule has 0 radical (unpaired) electrons. The van der Waals surface area contributed by atoms with Gasteiger partial charge in [-0.05, 0) is 17.7 Å². The van der Waals surface area contributed by atoms with Crippen molar-refractivity contribution in [3.05, 3.63) is 36.7 Å². The first-order valence-corrected chi connectivity index (χ1v) is 2.87. The van der Waals surface area contributed by atoms with Gasteiger partial charge in [-0.1, -0.05) is 13.2 Å². The van der Waals surface area contributed by atoms with Gasteiger partial charge in [-0.25, -0.2) is 4.39 Å². The second-order valence-electron chi connectivity index (χ2n) is 1.82. The molecule has 0 unspecified atom stereocenters. The molecular weight excluding hydrogens is 131 g/mol. The molecule has 0 N–H and O–H groups in total. The normalized spacial score (nSPS) is 11.2. The fourth-order valence-corrected chi connectivity index (χ4v) is 0.481. The Morgan fingerprint density at radius 1 is 1.70 bits per heavy atom. The minimum Gasteiger partial charge on any atom is -0.380 e. The van der Waals surface area contributed by atoms with Gasteiger partial charge in [0.2, 0.25) is 0 Å².